The number of carbonyl (C=O) groups excluding carboxylic acids is 1. The summed E-state index contributed by atoms with van der Waals surface area (Å²) in [4.78, 5) is 14.6. The van der Waals surface area contributed by atoms with E-state index in [1.807, 2.05) is 41.3 Å². The molecule has 2 aromatic rings. The number of likely N-dealkylation sites (tertiary alicyclic amines) is 1. The van der Waals surface area contributed by atoms with E-state index in [1.165, 1.54) is 5.56 Å². The summed E-state index contributed by atoms with van der Waals surface area (Å²) in [6.07, 6.45) is 0.316. The lowest BCUT2D eigenvalue weighted by atomic mass is 9.95. The smallest absolute Gasteiger partial charge is 0.227 e. The molecular weight excluding hydrogens is 404 g/mol. The van der Waals surface area contributed by atoms with E-state index < -0.39 is 0 Å². The first-order chi connectivity index (χ1) is 11.6. The maximum Gasteiger partial charge on any atom is 0.227 e. The summed E-state index contributed by atoms with van der Waals surface area (Å²) in [6, 6.07) is 15.9. The molecule has 3 rings (SSSR count). The summed E-state index contributed by atoms with van der Waals surface area (Å²) in [5, 5.41) is 0. The van der Waals surface area contributed by atoms with Crippen molar-refractivity contribution in [1.29, 1.82) is 0 Å². The van der Waals surface area contributed by atoms with E-state index in [9.17, 15) is 4.79 Å². The Morgan fingerprint density at radius 2 is 1.96 bits per heavy atom. The van der Waals surface area contributed by atoms with Crippen LogP contribution in [0.15, 0.2) is 53.0 Å². The molecule has 2 aromatic carbocycles. The van der Waals surface area contributed by atoms with Crippen LogP contribution in [0.3, 0.4) is 0 Å². The molecule has 6 heteroatoms. The minimum atomic E-state index is -0.0271. The van der Waals surface area contributed by atoms with Gasteiger partial charge in [-0.25, -0.2) is 0 Å². The molecule has 0 unspecified atom stereocenters. The van der Waals surface area contributed by atoms with Gasteiger partial charge < -0.3 is 15.4 Å². The first-order valence-electron chi connectivity index (χ1n) is 7.99. The third-order valence-corrected chi connectivity index (χ3v) is 5.02. The minimum absolute atomic E-state index is 0. The Morgan fingerprint density at radius 3 is 2.64 bits per heavy atom. The molecule has 0 bridgehead atoms. The Balaban J connectivity index is 0.00000225. The van der Waals surface area contributed by atoms with Gasteiger partial charge in [-0.3, -0.25) is 4.79 Å². The Bertz CT molecular complexity index is 727. The first kappa shape index (κ1) is 19.8. The highest BCUT2D eigenvalue weighted by molar-refractivity contribution is 9.10. The zero-order valence-electron chi connectivity index (χ0n) is 14.0. The van der Waals surface area contributed by atoms with Crippen LogP contribution in [0.25, 0.3) is 0 Å². The number of nitrogens with two attached hydrogens (primary N) is 1. The lowest BCUT2D eigenvalue weighted by Crippen LogP contribution is -2.33. The normalized spacial score (nSPS) is 19.4. The van der Waals surface area contributed by atoms with E-state index in [-0.39, 0.29) is 30.3 Å². The molecule has 0 saturated carbocycles. The fourth-order valence-corrected chi connectivity index (χ4v) is 3.65. The molecule has 4 nitrogen and oxygen atoms in total. The highest BCUT2D eigenvalue weighted by Crippen LogP contribution is 2.28. The molecule has 1 fully saturated rings. The Kier molecular flexibility index (Phi) is 6.87. The highest BCUT2D eigenvalue weighted by Gasteiger charge is 2.33. The number of halogens is 2. The lowest BCUT2D eigenvalue weighted by Gasteiger charge is -2.17. The molecule has 0 aliphatic carbocycles. The number of hydrogen-bond acceptors (Lipinski definition) is 3. The molecule has 25 heavy (non-hydrogen) atoms. The molecule has 0 aromatic heterocycles. The number of amides is 1. The monoisotopic (exact) mass is 424 g/mol. The molecule has 2 N–H and O–H groups in total. The van der Waals surface area contributed by atoms with Gasteiger partial charge in [-0.15, -0.1) is 12.4 Å². The van der Waals surface area contributed by atoms with Crippen LogP contribution in [0, 0.1) is 0 Å². The minimum Gasteiger partial charge on any atom is -0.496 e. The summed E-state index contributed by atoms with van der Waals surface area (Å²) in [5.74, 6) is 1.01. The van der Waals surface area contributed by atoms with Gasteiger partial charge in [-0.1, -0.05) is 46.3 Å². The number of nitrogens with zero attached hydrogens (tertiary/aromatic N) is 1. The quantitative estimate of drug-likeness (QED) is 0.817. The predicted octanol–water partition coefficient (Wildman–Crippen LogP) is 3.38. The second-order valence-electron chi connectivity index (χ2n) is 6.11. The van der Waals surface area contributed by atoms with Crippen molar-refractivity contribution in [2.45, 2.75) is 18.4 Å². The number of carbonyl (C=O) groups is 1. The van der Waals surface area contributed by atoms with Crippen molar-refractivity contribution in [2.75, 3.05) is 20.2 Å². The van der Waals surface area contributed by atoms with Crippen molar-refractivity contribution in [3.63, 3.8) is 0 Å². The van der Waals surface area contributed by atoms with Crippen LogP contribution in [0.4, 0.5) is 0 Å². The van der Waals surface area contributed by atoms with Gasteiger partial charge in [-0.05, 0) is 23.8 Å². The maximum absolute atomic E-state index is 12.7. The molecular formula is C19H22BrClN2O2. The molecule has 134 valence electrons. The van der Waals surface area contributed by atoms with Crippen LogP contribution < -0.4 is 10.5 Å². The van der Waals surface area contributed by atoms with Crippen LogP contribution in [0.2, 0.25) is 0 Å². The van der Waals surface area contributed by atoms with Crippen LogP contribution in [0.1, 0.15) is 17.0 Å². The SMILES string of the molecule is COc1ccc(Br)cc1CC(=O)N1C[C@@H](N)[C@H](c2ccccc2)C1.Cl. The highest BCUT2D eigenvalue weighted by atomic mass is 79.9. The predicted molar refractivity (Wildman–Crippen MR) is 105 cm³/mol. The van der Waals surface area contributed by atoms with E-state index in [4.69, 9.17) is 10.5 Å². The van der Waals surface area contributed by atoms with Crippen molar-refractivity contribution in [1.82, 2.24) is 4.90 Å². The molecule has 2 atom stereocenters. The summed E-state index contributed by atoms with van der Waals surface area (Å²) in [6.45, 7) is 1.26. The Hall–Kier alpha value is -1.56. The summed E-state index contributed by atoms with van der Waals surface area (Å²) >= 11 is 3.45. The third kappa shape index (κ3) is 4.54. The number of methoxy groups -OCH3 is 1. The van der Waals surface area contributed by atoms with E-state index in [1.54, 1.807) is 7.11 Å². The van der Waals surface area contributed by atoms with Crippen LogP contribution in [-0.4, -0.2) is 37.0 Å². The fourth-order valence-electron chi connectivity index (χ4n) is 3.25. The largest absolute Gasteiger partial charge is 0.496 e. The first-order valence-corrected chi connectivity index (χ1v) is 8.78. The van der Waals surface area contributed by atoms with Crippen molar-refractivity contribution in [3.05, 3.63) is 64.1 Å². The topological polar surface area (TPSA) is 55.6 Å². The van der Waals surface area contributed by atoms with Crippen LogP contribution in [-0.2, 0) is 11.2 Å². The van der Waals surface area contributed by atoms with Crippen LogP contribution >= 0.6 is 28.3 Å². The molecule has 1 aliphatic heterocycles. The van der Waals surface area contributed by atoms with Gasteiger partial charge in [0.05, 0.1) is 13.5 Å². The zero-order chi connectivity index (χ0) is 17.1. The van der Waals surface area contributed by atoms with Crippen molar-refractivity contribution in [3.8, 4) is 5.75 Å². The number of ether oxygens (including phenoxy) is 1. The van der Waals surface area contributed by atoms with E-state index >= 15 is 0 Å². The van der Waals surface area contributed by atoms with Gasteiger partial charge in [0.25, 0.3) is 0 Å². The van der Waals surface area contributed by atoms with Crippen LogP contribution in [0.5, 0.6) is 5.75 Å². The zero-order valence-corrected chi connectivity index (χ0v) is 16.4. The Morgan fingerprint density at radius 1 is 1.24 bits per heavy atom. The van der Waals surface area contributed by atoms with E-state index in [2.05, 4.69) is 28.1 Å². The number of benzene rings is 2. The van der Waals surface area contributed by atoms with Gasteiger partial charge in [0, 0.05) is 35.1 Å². The lowest BCUT2D eigenvalue weighted by molar-refractivity contribution is -0.129. The molecule has 1 saturated heterocycles. The Labute approximate surface area is 162 Å². The molecule has 1 amide bonds. The van der Waals surface area contributed by atoms with E-state index in [0.29, 0.717) is 19.5 Å². The average molecular weight is 426 g/mol. The second-order valence-corrected chi connectivity index (χ2v) is 7.03. The van der Waals surface area contributed by atoms with Gasteiger partial charge in [0.1, 0.15) is 5.75 Å². The summed E-state index contributed by atoms with van der Waals surface area (Å²) < 4.78 is 6.30. The van der Waals surface area contributed by atoms with Crippen molar-refractivity contribution >= 4 is 34.2 Å². The van der Waals surface area contributed by atoms with Gasteiger partial charge >= 0.3 is 0 Å². The standard InChI is InChI=1S/C19H21BrN2O2.ClH/c1-24-18-8-7-15(20)9-14(18)10-19(23)22-11-16(17(21)12-22)13-5-3-2-4-6-13;/h2-9,16-17H,10-12,21H2,1H3;1H/t16-,17+;/m0./s1. The van der Waals surface area contributed by atoms with Crippen molar-refractivity contribution in [2.24, 2.45) is 5.73 Å². The van der Waals surface area contributed by atoms with Gasteiger partial charge in [0.15, 0.2) is 0 Å². The average Bonchev–Trinajstić information content (AvgIpc) is 2.98. The fraction of sp³-hybridized carbons (Fsp3) is 0.316. The molecule has 1 heterocycles. The van der Waals surface area contributed by atoms with E-state index in [0.717, 1.165) is 15.8 Å². The molecule has 0 spiro atoms. The molecule has 1 aliphatic rings. The number of rotatable bonds is 4. The summed E-state index contributed by atoms with van der Waals surface area (Å²) in [7, 11) is 1.62. The maximum atomic E-state index is 12.7. The number of hydrogen-bond donors (Lipinski definition) is 1. The van der Waals surface area contributed by atoms with Crippen molar-refractivity contribution < 1.29 is 9.53 Å². The molecule has 0 radical (unpaired) electrons. The van der Waals surface area contributed by atoms with Gasteiger partial charge in [0.2, 0.25) is 5.91 Å². The second kappa shape index (κ2) is 8.70. The summed E-state index contributed by atoms with van der Waals surface area (Å²) in [5.41, 5.74) is 8.36. The van der Waals surface area contributed by atoms with Gasteiger partial charge in [-0.2, -0.15) is 0 Å². The third-order valence-electron chi connectivity index (χ3n) is 4.53.